The third kappa shape index (κ3) is 5.22. The molecule has 0 bridgehead atoms. The van der Waals surface area contributed by atoms with Crippen LogP contribution >= 0.6 is 0 Å². The molecule has 0 radical (unpaired) electrons. The molecule has 1 aliphatic heterocycles. The molecule has 0 saturated carbocycles. The van der Waals surface area contributed by atoms with Gasteiger partial charge in [-0.05, 0) is 38.3 Å². The number of fused-ring (bicyclic) bond motifs is 1. The number of aromatic nitrogens is 4. The topological polar surface area (TPSA) is 117 Å². The summed E-state index contributed by atoms with van der Waals surface area (Å²) in [4.78, 5) is 46.8. The molecule has 3 aromatic rings. The maximum absolute atomic E-state index is 12.6. The van der Waals surface area contributed by atoms with Crippen molar-refractivity contribution >= 4 is 22.9 Å². The maximum atomic E-state index is 12.6. The van der Waals surface area contributed by atoms with Gasteiger partial charge in [0, 0.05) is 37.9 Å². The molecule has 10 nitrogen and oxygen atoms in total. The lowest BCUT2D eigenvalue weighted by Gasteiger charge is -2.32. The van der Waals surface area contributed by atoms with Crippen molar-refractivity contribution in [1.82, 2.24) is 29.3 Å². The summed E-state index contributed by atoms with van der Waals surface area (Å²) < 4.78 is 3.49. The van der Waals surface area contributed by atoms with Gasteiger partial charge in [0.15, 0.2) is 11.2 Å². The highest BCUT2D eigenvalue weighted by molar-refractivity contribution is 5.89. The number of aryl methyl sites for hydroxylation is 2. The lowest BCUT2D eigenvalue weighted by atomic mass is 10.1. The molecule has 0 aliphatic carbocycles. The Hall–Kier alpha value is -3.40. The summed E-state index contributed by atoms with van der Waals surface area (Å²) in [6.07, 6.45) is 3.45. The first-order valence-corrected chi connectivity index (χ1v) is 12.1. The van der Waals surface area contributed by atoms with Crippen LogP contribution in [-0.2, 0) is 19.6 Å². The van der Waals surface area contributed by atoms with Crippen LogP contribution in [0.5, 0.6) is 0 Å². The molecule has 3 N–H and O–H groups in total. The van der Waals surface area contributed by atoms with Crippen molar-refractivity contribution in [1.29, 1.82) is 0 Å². The number of urea groups is 1. The van der Waals surface area contributed by atoms with Gasteiger partial charge in [-0.15, -0.1) is 0 Å². The smallest absolute Gasteiger partial charge is 0.330 e. The number of H-pyrrole nitrogens is 1. The lowest BCUT2D eigenvalue weighted by molar-refractivity contribution is 0.185. The lowest BCUT2D eigenvalue weighted by Crippen LogP contribution is -2.45. The highest BCUT2D eigenvalue weighted by Crippen LogP contribution is 2.17. The van der Waals surface area contributed by atoms with E-state index in [-0.39, 0.29) is 17.6 Å². The van der Waals surface area contributed by atoms with Crippen molar-refractivity contribution in [3.8, 4) is 0 Å². The molecule has 0 atom stereocenters. The van der Waals surface area contributed by atoms with E-state index in [1.54, 1.807) is 4.57 Å². The van der Waals surface area contributed by atoms with Crippen molar-refractivity contribution < 1.29 is 4.79 Å². The number of amides is 2. The molecule has 2 amide bonds. The van der Waals surface area contributed by atoms with E-state index >= 15 is 0 Å². The summed E-state index contributed by atoms with van der Waals surface area (Å²) in [7, 11) is 0. The average Bonchev–Trinajstić information content (AvgIpc) is 3.19. The summed E-state index contributed by atoms with van der Waals surface area (Å²) >= 11 is 0. The second-order valence-corrected chi connectivity index (χ2v) is 8.72. The minimum Gasteiger partial charge on any atom is -0.335 e. The van der Waals surface area contributed by atoms with Crippen molar-refractivity contribution in [2.75, 3.05) is 18.4 Å². The molecular weight excluding hydrogens is 434 g/mol. The Morgan fingerprint density at radius 1 is 1.12 bits per heavy atom. The van der Waals surface area contributed by atoms with Crippen molar-refractivity contribution in [2.24, 2.45) is 0 Å². The number of hydrogen-bond acceptors (Lipinski definition) is 5. The van der Waals surface area contributed by atoms with Gasteiger partial charge in [-0.2, -0.15) is 0 Å². The third-order valence-electron chi connectivity index (χ3n) is 6.34. The van der Waals surface area contributed by atoms with Crippen molar-refractivity contribution in [3.05, 3.63) is 57.0 Å². The number of nitrogens with zero attached hydrogens (tertiary/aromatic N) is 4. The minimum absolute atomic E-state index is 0.104. The van der Waals surface area contributed by atoms with Crippen LogP contribution in [0.3, 0.4) is 0 Å². The molecule has 34 heavy (non-hydrogen) atoms. The van der Waals surface area contributed by atoms with Gasteiger partial charge in [0.2, 0.25) is 0 Å². The number of imidazole rings is 1. The highest BCUT2D eigenvalue weighted by Gasteiger charge is 2.24. The van der Waals surface area contributed by atoms with Gasteiger partial charge in [-0.3, -0.25) is 19.2 Å². The van der Waals surface area contributed by atoms with E-state index in [1.807, 2.05) is 41.8 Å². The van der Waals surface area contributed by atoms with Crippen LogP contribution in [0.25, 0.3) is 11.2 Å². The van der Waals surface area contributed by atoms with Gasteiger partial charge in [-0.1, -0.05) is 31.5 Å². The van der Waals surface area contributed by atoms with Gasteiger partial charge in [-0.25, -0.2) is 14.6 Å². The number of likely N-dealkylation sites (tertiary alicyclic amines) is 1. The highest BCUT2D eigenvalue weighted by atomic mass is 16.2. The fraction of sp³-hybridized carbons (Fsp3) is 0.500. The molecule has 1 aromatic carbocycles. The van der Waals surface area contributed by atoms with E-state index in [2.05, 4.69) is 27.4 Å². The van der Waals surface area contributed by atoms with Crippen LogP contribution in [0.2, 0.25) is 0 Å². The predicted molar refractivity (Wildman–Crippen MR) is 132 cm³/mol. The van der Waals surface area contributed by atoms with Crippen LogP contribution in [0.1, 0.15) is 45.4 Å². The van der Waals surface area contributed by atoms with E-state index < -0.39 is 5.69 Å². The molecule has 2 aromatic heterocycles. The molecule has 4 rings (SSSR count). The quantitative estimate of drug-likeness (QED) is 0.471. The van der Waals surface area contributed by atoms with Crippen LogP contribution in [0.4, 0.5) is 10.5 Å². The van der Waals surface area contributed by atoms with Crippen molar-refractivity contribution in [3.63, 3.8) is 0 Å². The standard InChI is InChI=1S/C24H33N7O3/c1-3-5-13-31-21-20(22(32)28-24(31)34)30(4-2)19(27-21)16-29-14-11-18(12-15-29)26-23(33)25-17-9-7-6-8-10-17/h6-10,18H,3-5,11-16H2,1-2H3,(H2,25,26,33)(H,28,32,34). The minimum atomic E-state index is -0.404. The zero-order valence-corrected chi connectivity index (χ0v) is 19.8. The molecule has 1 saturated heterocycles. The summed E-state index contributed by atoms with van der Waals surface area (Å²) in [5, 5.41) is 5.92. The van der Waals surface area contributed by atoms with Gasteiger partial charge in [0.1, 0.15) is 5.82 Å². The first-order valence-electron chi connectivity index (χ1n) is 12.1. The largest absolute Gasteiger partial charge is 0.335 e. The Balaban J connectivity index is 1.42. The van der Waals surface area contributed by atoms with Crippen LogP contribution < -0.4 is 21.9 Å². The Morgan fingerprint density at radius 3 is 2.53 bits per heavy atom. The number of anilines is 1. The number of nitrogens with one attached hydrogen (secondary N) is 3. The molecule has 0 unspecified atom stereocenters. The zero-order chi connectivity index (χ0) is 24.1. The van der Waals surface area contributed by atoms with Crippen LogP contribution in [0.15, 0.2) is 39.9 Å². The second kappa shape index (κ2) is 10.7. The molecule has 3 heterocycles. The van der Waals surface area contributed by atoms with E-state index in [9.17, 15) is 14.4 Å². The number of carbonyl (C=O) groups is 1. The monoisotopic (exact) mass is 467 g/mol. The molecule has 1 fully saturated rings. The summed E-state index contributed by atoms with van der Waals surface area (Å²) in [6.45, 7) is 7.38. The maximum Gasteiger partial charge on any atom is 0.330 e. The molecule has 182 valence electrons. The summed E-state index contributed by atoms with van der Waals surface area (Å²) in [5.41, 5.74) is 0.901. The van der Waals surface area contributed by atoms with Crippen molar-refractivity contribution in [2.45, 2.75) is 65.2 Å². The Kier molecular flexibility index (Phi) is 7.46. The number of para-hydroxylation sites is 1. The first-order chi connectivity index (χ1) is 16.5. The number of aromatic amines is 1. The summed E-state index contributed by atoms with van der Waals surface area (Å²) in [5.74, 6) is 0.784. The number of hydrogen-bond donors (Lipinski definition) is 3. The van der Waals surface area contributed by atoms with Crippen LogP contribution in [0, 0.1) is 0 Å². The predicted octanol–water partition coefficient (Wildman–Crippen LogP) is 2.49. The number of benzene rings is 1. The van der Waals surface area contributed by atoms with Gasteiger partial charge >= 0.3 is 11.7 Å². The average molecular weight is 468 g/mol. The number of piperidine rings is 1. The van der Waals surface area contributed by atoms with Gasteiger partial charge < -0.3 is 15.2 Å². The number of carbonyl (C=O) groups excluding carboxylic acids is 1. The van der Waals surface area contributed by atoms with Gasteiger partial charge in [0.25, 0.3) is 5.56 Å². The molecule has 1 aliphatic rings. The Labute approximate surface area is 198 Å². The fourth-order valence-electron chi connectivity index (χ4n) is 4.51. The van der Waals surface area contributed by atoms with E-state index in [1.165, 1.54) is 0 Å². The normalized spacial score (nSPS) is 15.0. The van der Waals surface area contributed by atoms with E-state index in [0.29, 0.717) is 30.8 Å². The SMILES string of the molecule is CCCCn1c(=O)[nH]c(=O)c2c1nc(CN1CCC(NC(=O)Nc3ccccc3)CC1)n2CC. The Bertz CT molecular complexity index is 1240. The van der Waals surface area contributed by atoms with E-state index in [0.717, 1.165) is 50.3 Å². The zero-order valence-electron chi connectivity index (χ0n) is 19.8. The fourth-order valence-corrected chi connectivity index (χ4v) is 4.51. The summed E-state index contributed by atoms with van der Waals surface area (Å²) in [6, 6.07) is 9.30. The van der Waals surface area contributed by atoms with E-state index in [4.69, 9.17) is 4.98 Å². The van der Waals surface area contributed by atoms with Gasteiger partial charge in [0.05, 0.1) is 6.54 Å². The molecule has 0 spiro atoms. The number of rotatable bonds is 8. The molecule has 10 heteroatoms. The third-order valence-corrected chi connectivity index (χ3v) is 6.34. The second-order valence-electron chi connectivity index (χ2n) is 8.72. The number of unbranched alkanes of at least 4 members (excludes halogenated alkanes) is 1. The first kappa shape index (κ1) is 23.7. The molecular formula is C24H33N7O3. The van der Waals surface area contributed by atoms with Crippen LogP contribution in [-0.4, -0.2) is 49.2 Å². The Morgan fingerprint density at radius 2 is 1.85 bits per heavy atom.